The molecule has 0 atom stereocenters. The van der Waals surface area contributed by atoms with Crippen molar-refractivity contribution >= 4 is 22.2 Å². The zero-order chi connectivity index (χ0) is 13.6. The van der Waals surface area contributed by atoms with Gasteiger partial charge < -0.3 is 8.60 Å². The van der Waals surface area contributed by atoms with Gasteiger partial charge in [0.15, 0.2) is 0 Å². The van der Waals surface area contributed by atoms with Gasteiger partial charge in [0, 0.05) is 6.92 Å². The second kappa shape index (κ2) is 6.16. The summed E-state index contributed by atoms with van der Waals surface area (Å²) < 4.78 is 35.4. The van der Waals surface area contributed by atoms with E-state index in [1.165, 1.54) is 5.56 Å². The molecule has 0 unspecified atom stereocenters. The summed E-state index contributed by atoms with van der Waals surface area (Å²) in [7, 11) is -4.84. The van der Waals surface area contributed by atoms with Crippen molar-refractivity contribution in [3.63, 3.8) is 0 Å². The summed E-state index contributed by atoms with van der Waals surface area (Å²) in [6, 6.07) is 1.95. The minimum Gasteiger partial charge on any atom is -0.469 e. The molecule has 1 rings (SSSR count). The lowest BCUT2D eigenvalue weighted by molar-refractivity contribution is -0.146. The molecule has 1 heterocycles. The number of Topliss-reactive ketones (excluding diaryl/α,β-unsaturated/α-hetero) is 1. The molecule has 0 saturated heterocycles. The summed E-state index contributed by atoms with van der Waals surface area (Å²) in [5.41, 5.74) is 1.22. The third-order valence-corrected chi connectivity index (χ3v) is 1.95. The van der Waals surface area contributed by atoms with Gasteiger partial charge in [0.1, 0.15) is 5.76 Å². The van der Waals surface area contributed by atoms with Crippen LogP contribution in [0.4, 0.5) is 0 Å². The largest absolute Gasteiger partial charge is 0.469 e. The van der Waals surface area contributed by atoms with Gasteiger partial charge in [0.25, 0.3) is 0 Å². The van der Waals surface area contributed by atoms with Crippen molar-refractivity contribution in [2.45, 2.75) is 20.8 Å². The highest BCUT2D eigenvalue weighted by Crippen LogP contribution is 2.04. The number of ketones is 1. The maximum atomic E-state index is 10.0. The van der Waals surface area contributed by atoms with E-state index in [1.54, 1.807) is 6.26 Å². The van der Waals surface area contributed by atoms with Gasteiger partial charge in [-0.1, -0.05) is 0 Å². The quantitative estimate of drug-likeness (QED) is 0.621. The average Bonchev–Trinajstić information content (AvgIpc) is 2.49. The van der Waals surface area contributed by atoms with Crippen LogP contribution in [0.2, 0.25) is 0 Å². The van der Waals surface area contributed by atoms with Gasteiger partial charge in [0.2, 0.25) is 5.78 Å². The van der Waals surface area contributed by atoms with Gasteiger partial charge in [-0.2, -0.15) is 8.42 Å². The second-order valence-corrected chi connectivity index (χ2v) is 4.04. The molecular formula is C9H12O7S. The molecule has 0 bridgehead atoms. The Hall–Kier alpha value is -1.67. The van der Waals surface area contributed by atoms with Crippen molar-refractivity contribution < 1.29 is 31.2 Å². The van der Waals surface area contributed by atoms with Crippen LogP contribution in [0.1, 0.15) is 18.2 Å². The van der Waals surface area contributed by atoms with Crippen LogP contribution in [-0.4, -0.2) is 24.7 Å². The topological polar surface area (TPSA) is 111 Å². The molecule has 8 heteroatoms. The highest BCUT2D eigenvalue weighted by Gasteiger charge is 2.16. The van der Waals surface area contributed by atoms with Crippen LogP contribution in [0.15, 0.2) is 16.7 Å². The standard InChI is InChI=1S/C6H8O.C3H4O6S/c1-5-3-4-7-6(5)2;1-2(4)3(5)9-10(6,7)8/h3-4H,1-2H3;1H3,(H,6,7,8). The zero-order valence-corrected chi connectivity index (χ0v) is 10.3. The van der Waals surface area contributed by atoms with E-state index in [0.717, 1.165) is 12.7 Å². The minimum atomic E-state index is -4.84. The van der Waals surface area contributed by atoms with E-state index >= 15 is 0 Å². The van der Waals surface area contributed by atoms with E-state index in [4.69, 9.17) is 8.97 Å². The lowest BCUT2D eigenvalue weighted by atomic mass is 10.3. The molecule has 0 aliphatic heterocycles. The first-order valence-electron chi connectivity index (χ1n) is 4.36. The van der Waals surface area contributed by atoms with E-state index in [0.29, 0.717) is 0 Å². The molecular weight excluding hydrogens is 252 g/mol. The molecule has 0 radical (unpaired) electrons. The summed E-state index contributed by atoms with van der Waals surface area (Å²) in [6.45, 7) is 4.79. The molecule has 7 nitrogen and oxygen atoms in total. The predicted molar refractivity (Wildman–Crippen MR) is 56.5 cm³/mol. The van der Waals surface area contributed by atoms with E-state index in [-0.39, 0.29) is 0 Å². The Labute approximate surface area is 98.3 Å². The third-order valence-electron chi connectivity index (χ3n) is 1.59. The fourth-order valence-electron chi connectivity index (χ4n) is 0.603. The van der Waals surface area contributed by atoms with Crippen molar-refractivity contribution in [3.05, 3.63) is 23.7 Å². The maximum absolute atomic E-state index is 10.0. The van der Waals surface area contributed by atoms with Gasteiger partial charge in [-0.15, -0.1) is 0 Å². The fraction of sp³-hybridized carbons (Fsp3) is 0.333. The van der Waals surface area contributed by atoms with E-state index < -0.39 is 22.2 Å². The van der Waals surface area contributed by atoms with Crippen LogP contribution in [0.3, 0.4) is 0 Å². The minimum absolute atomic E-state index is 0.813. The first kappa shape index (κ1) is 15.3. The molecule has 17 heavy (non-hydrogen) atoms. The highest BCUT2D eigenvalue weighted by molar-refractivity contribution is 7.81. The number of aryl methyl sites for hydroxylation is 2. The Morgan fingerprint density at radius 2 is 1.88 bits per heavy atom. The fourth-order valence-corrected chi connectivity index (χ4v) is 0.911. The second-order valence-electron chi connectivity index (χ2n) is 3.01. The van der Waals surface area contributed by atoms with Gasteiger partial charge >= 0.3 is 16.4 Å². The van der Waals surface area contributed by atoms with Gasteiger partial charge in [-0.3, -0.25) is 9.35 Å². The van der Waals surface area contributed by atoms with E-state index in [9.17, 15) is 18.0 Å². The first-order chi connectivity index (χ1) is 7.63. The SMILES string of the molecule is CC(=O)C(=O)OS(=O)(=O)O.Cc1ccoc1C. The molecule has 0 aliphatic rings. The van der Waals surface area contributed by atoms with Crippen molar-refractivity contribution in [1.29, 1.82) is 0 Å². The Kier molecular flexibility index (Phi) is 5.56. The number of hydrogen-bond donors (Lipinski definition) is 1. The van der Waals surface area contributed by atoms with Crippen LogP contribution in [-0.2, 0) is 24.2 Å². The molecule has 0 spiro atoms. The van der Waals surface area contributed by atoms with Gasteiger partial charge in [0.05, 0.1) is 6.26 Å². The van der Waals surface area contributed by atoms with E-state index in [2.05, 4.69) is 4.18 Å². The van der Waals surface area contributed by atoms with Crippen molar-refractivity contribution in [3.8, 4) is 0 Å². The van der Waals surface area contributed by atoms with Gasteiger partial charge in [-0.05, 0) is 25.5 Å². The number of rotatable bonds is 2. The third kappa shape index (κ3) is 7.25. The molecule has 0 fully saturated rings. The lowest BCUT2D eigenvalue weighted by Gasteiger charge is -1.93. The Morgan fingerprint density at radius 3 is 2.00 bits per heavy atom. The van der Waals surface area contributed by atoms with Crippen LogP contribution in [0, 0.1) is 13.8 Å². The lowest BCUT2D eigenvalue weighted by Crippen LogP contribution is -2.18. The van der Waals surface area contributed by atoms with Crippen LogP contribution in [0.25, 0.3) is 0 Å². The predicted octanol–water partition coefficient (Wildman–Crippen LogP) is 0.818. The first-order valence-corrected chi connectivity index (χ1v) is 5.72. The number of carbonyl (C=O) groups excluding carboxylic acids is 2. The van der Waals surface area contributed by atoms with E-state index in [1.807, 2.05) is 19.9 Å². The highest BCUT2D eigenvalue weighted by atomic mass is 32.3. The Morgan fingerprint density at radius 1 is 1.35 bits per heavy atom. The monoisotopic (exact) mass is 264 g/mol. The zero-order valence-electron chi connectivity index (χ0n) is 9.46. The van der Waals surface area contributed by atoms with Gasteiger partial charge in [-0.25, -0.2) is 4.79 Å². The molecule has 0 aliphatic carbocycles. The number of hydrogen-bond acceptors (Lipinski definition) is 6. The molecule has 1 aromatic rings. The summed E-state index contributed by atoms with van der Waals surface area (Å²) in [6.07, 6.45) is 1.70. The van der Waals surface area contributed by atoms with Crippen LogP contribution < -0.4 is 0 Å². The molecule has 0 aromatic carbocycles. The van der Waals surface area contributed by atoms with Crippen LogP contribution in [0.5, 0.6) is 0 Å². The van der Waals surface area contributed by atoms with Crippen LogP contribution >= 0.6 is 0 Å². The van der Waals surface area contributed by atoms with Crippen molar-refractivity contribution in [2.75, 3.05) is 0 Å². The average molecular weight is 264 g/mol. The maximum Gasteiger partial charge on any atom is 0.449 e. The van der Waals surface area contributed by atoms with Crippen molar-refractivity contribution in [1.82, 2.24) is 0 Å². The summed E-state index contributed by atoms with van der Waals surface area (Å²) in [5.74, 6) is -1.69. The normalized spacial score (nSPS) is 10.1. The number of furan rings is 1. The molecule has 0 saturated carbocycles. The molecule has 0 amide bonds. The smallest absolute Gasteiger partial charge is 0.449 e. The molecule has 1 N–H and O–H groups in total. The Balaban J connectivity index is 0.000000318. The molecule has 1 aromatic heterocycles. The summed E-state index contributed by atoms with van der Waals surface area (Å²) >= 11 is 0. The molecule has 96 valence electrons. The summed E-state index contributed by atoms with van der Waals surface area (Å²) in [4.78, 5) is 20.0. The summed E-state index contributed by atoms with van der Waals surface area (Å²) in [5, 5.41) is 0. The van der Waals surface area contributed by atoms with Crippen molar-refractivity contribution in [2.24, 2.45) is 0 Å². The Bertz CT molecular complexity index is 481. The number of carbonyl (C=O) groups is 2.